The number of hydrogen-bond acceptors (Lipinski definition) is 7. The molecule has 10 heteroatoms. The van der Waals surface area contributed by atoms with Crippen LogP contribution >= 0.6 is 11.3 Å². The zero-order valence-electron chi connectivity index (χ0n) is 18.5. The molecule has 4 heterocycles. The van der Waals surface area contributed by atoms with Crippen molar-refractivity contribution in [3.63, 3.8) is 0 Å². The highest BCUT2D eigenvalue weighted by molar-refractivity contribution is 7.89. The van der Waals surface area contributed by atoms with Crippen LogP contribution in [0.4, 0.5) is 0 Å². The molecule has 0 aromatic carbocycles. The second kappa shape index (κ2) is 8.87. The number of amides is 1. The van der Waals surface area contributed by atoms with Crippen molar-refractivity contribution in [2.24, 2.45) is 5.92 Å². The summed E-state index contributed by atoms with van der Waals surface area (Å²) in [7, 11) is -3.69. The standard InChI is InChI=1S/C22H30N4O4S2/c1-15-19(13-18(31-15)20-23-21(30-24-20)16-8-9-16)32(28,29)26-12-6-7-17(14-26)22(27)25-10-4-2-3-5-11-25/h13,16-17H,2-12,14H2,1H3. The Morgan fingerprint density at radius 1 is 1.09 bits per heavy atom. The Hall–Kier alpha value is -1.78. The zero-order chi connectivity index (χ0) is 22.3. The minimum absolute atomic E-state index is 0.119. The Kier molecular flexibility index (Phi) is 6.11. The van der Waals surface area contributed by atoms with Crippen LogP contribution < -0.4 is 0 Å². The third-order valence-corrected chi connectivity index (χ3v) is 9.90. The van der Waals surface area contributed by atoms with Gasteiger partial charge in [-0.3, -0.25) is 4.79 Å². The Bertz CT molecular complexity index is 1080. The van der Waals surface area contributed by atoms with Crippen molar-refractivity contribution < 1.29 is 17.7 Å². The summed E-state index contributed by atoms with van der Waals surface area (Å²) in [6.45, 7) is 4.11. The van der Waals surface area contributed by atoms with Crippen molar-refractivity contribution in [1.29, 1.82) is 0 Å². The van der Waals surface area contributed by atoms with E-state index in [-0.39, 0.29) is 23.3 Å². The molecule has 3 aliphatic rings. The van der Waals surface area contributed by atoms with Crippen LogP contribution in [0.25, 0.3) is 10.7 Å². The molecule has 1 atom stereocenters. The van der Waals surface area contributed by atoms with Crippen molar-refractivity contribution in [1.82, 2.24) is 19.3 Å². The van der Waals surface area contributed by atoms with Crippen LogP contribution in [-0.4, -0.2) is 59.8 Å². The number of aromatic nitrogens is 2. The van der Waals surface area contributed by atoms with Gasteiger partial charge in [-0.15, -0.1) is 11.3 Å². The molecule has 2 aromatic heterocycles. The molecule has 5 rings (SSSR count). The van der Waals surface area contributed by atoms with E-state index in [9.17, 15) is 13.2 Å². The lowest BCUT2D eigenvalue weighted by Crippen LogP contribution is -2.47. The summed E-state index contributed by atoms with van der Waals surface area (Å²) < 4.78 is 33.9. The normalized spacial score (nSPS) is 23.3. The van der Waals surface area contributed by atoms with Crippen molar-refractivity contribution in [2.45, 2.75) is 69.1 Å². The van der Waals surface area contributed by atoms with Crippen LogP contribution in [0.15, 0.2) is 15.5 Å². The molecule has 2 aliphatic heterocycles. The lowest BCUT2D eigenvalue weighted by Gasteiger charge is -2.34. The predicted octanol–water partition coefficient (Wildman–Crippen LogP) is 3.79. The van der Waals surface area contributed by atoms with Crippen molar-refractivity contribution in [3.8, 4) is 10.7 Å². The Morgan fingerprint density at radius 3 is 2.56 bits per heavy atom. The van der Waals surface area contributed by atoms with Gasteiger partial charge in [-0.1, -0.05) is 18.0 Å². The van der Waals surface area contributed by atoms with E-state index in [2.05, 4.69) is 10.1 Å². The molecule has 0 spiro atoms. The van der Waals surface area contributed by atoms with E-state index < -0.39 is 10.0 Å². The van der Waals surface area contributed by atoms with Crippen LogP contribution in [0.1, 0.15) is 68.1 Å². The molecular weight excluding hydrogens is 448 g/mol. The van der Waals surface area contributed by atoms with Crippen LogP contribution in [0.2, 0.25) is 0 Å². The van der Waals surface area contributed by atoms with Gasteiger partial charge < -0.3 is 9.42 Å². The maximum atomic E-state index is 13.5. The maximum Gasteiger partial charge on any atom is 0.244 e. The van der Waals surface area contributed by atoms with E-state index in [0.29, 0.717) is 40.4 Å². The monoisotopic (exact) mass is 478 g/mol. The van der Waals surface area contributed by atoms with Crippen LogP contribution in [-0.2, 0) is 14.8 Å². The van der Waals surface area contributed by atoms with Gasteiger partial charge in [0.2, 0.25) is 27.6 Å². The number of piperidine rings is 1. The van der Waals surface area contributed by atoms with Crippen molar-refractivity contribution >= 4 is 27.3 Å². The van der Waals surface area contributed by atoms with E-state index in [4.69, 9.17) is 4.52 Å². The Balaban J connectivity index is 1.33. The van der Waals surface area contributed by atoms with Crippen LogP contribution in [0.5, 0.6) is 0 Å². The summed E-state index contributed by atoms with van der Waals surface area (Å²) >= 11 is 1.37. The van der Waals surface area contributed by atoms with Gasteiger partial charge in [0, 0.05) is 37.0 Å². The first-order valence-electron chi connectivity index (χ1n) is 11.7. The molecule has 2 aromatic rings. The van der Waals surface area contributed by atoms with E-state index >= 15 is 0 Å². The SMILES string of the molecule is Cc1sc(-c2noc(C3CC3)n2)cc1S(=O)(=O)N1CCCC(C(=O)N2CCCCCC2)C1. The first kappa shape index (κ1) is 22.0. The van der Waals surface area contributed by atoms with Crippen molar-refractivity contribution in [3.05, 3.63) is 16.8 Å². The number of thiophene rings is 1. The highest BCUT2D eigenvalue weighted by Crippen LogP contribution is 2.41. The van der Waals surface area contributed by atoms with Gasteiger partial charge in [-0.25, -0.2) is 8.42 Å². The second-order valence-electron chi connectivity index (χ2n) is 9.20. The number of nitrogens with zero attached hydrogens (tertiary/aromatic N) is 4. The lowest BCUT2D eigenvalue weighted by molar-refractivity contribution is -0.136. The highest BCUT2D eigenvalue weighted by atomic mass is 32.2. The molecule has 0 N–H and O–H groups in total. The largest absolute Gasteiger partial charge is 0.342 e. The van der Waals surface area contributed by atoms with Gasteiger partial charge in [-0.2, -0.15) is 9.29 Å². The minimum Gasteiger partial charge on any atom is -0.342 e. The van der Waals surface area contributed by atoms with Crippen LogP contribution in [0.3, 0.4) is 0 Å². The molecule has 0 bridgehead atoms. The lowest BCUT2D eigenvalue weighted by atomic mass is 9.98. The number of likely N-dealkylation sites (tertiary alicyclic amines) is 1. The summed E-state index contributed by atoms with van der Waals surface area (Å²) in [5.41, 5.74) is 0. The quantitative estimate of drug-likeness (QED) is 0.649. The van der Waals surface area contributed by atoms with Gasteiger partial charge in [0.15, 0.2) is 0 Å². The number of hydrogen-bond donors (Lipinski definition) is 0. The predicted molar refractivity (Wildman–Crippen MR) is 121 cm³/mol. The van der Waals surface area contributed by atoms with Gasteiger partial charge in [0.1, 0.15) is 0 Å². The first-order chi connectivity index (χ1) is 15.4. The van der Waals surface area contributed by atoms with Crippen LogP contribution in [0, 0.1) is 12.8 Å². The summed E-state index contributed by atoms with van der Waals surface area (Å²) in [6, 6.07) is 1.66. The van der Waals surface area contributed by atoms with E-state index in [1.54, 1.807) is 6.07 Å². The van der Waals surface area contributed by atoms with Gasteiger partial charge in [0.05, 0.1) is 15.7 Å². The minimum atomic E-state index is -3.69. The number of aryl methyl sites for hydroxylation is 1. The molecule has 1 unspecified atom stereocenters. The number of carbonyl (C=O) groups is 1. The summed E-state index contributed by atoms with van der Waals surface area (Å²) in [4.78, 5) is 21.2. The van der Waals surface area contributed by atoms with Crippen molar-refractivity contribution in [2.75, 3.05) is 26.2 Å². The second-order valence-corrected chi connectivity index (χ2v) is 12.4. The average molecular weight is 479 g/mol. The fraction of sp³-hybridized carbons (Fsp3) is 0.682. The molecule has 8 nitrogen and oxygen atoms in total. The highest BCUT2D eigenvalue weighted by Gasteiger charge is 2.37. The number of carbonyl (C=O) groups excluding carboxylic acids is 1. The fourth-order valence-corrected chi connectivity index (χ4v) is 7.72. The van der Waals surface area contributed by atoms with Gasteiger partial charge >= 0.3 is 0 Å². The molecule has 32 heavy (non-hydrogen) atoms. The van der Waals surface area contributed by atoms with Gasteiger partial charge in [0.25, 0.3) is 0 Å². The molecule has 174 valence electrons. The molecule has 1 saturated carbocycles. The third kappa shape index (κ3) is 4.36. The molecule has 1 amide bonds. The number of rotatable bonds is 5. The van der Waals surface area contributed by atoms with E-state index in [1.165, 1.54) is 15.6 Å². The fourth-order valence-electron chi connectivity index (χ4n) is 4.71. The summed E-state index contributed by atoms with van der Waals surface area (Å²) in [6.07, 6.45) is 7.99. The number of sulfonamides is 1. The molecule has 1 aliphatic carbocycles. The summed E-state index contributed by atoms with van der Waals surface area (Å²) in [5, 5.41) is 4.06. The molecule has 3 fully saturated rings. The Labute approximate surface area is 193 Å². The Morgan fingerprint density at radius 2 is 1.84 bits per heavy atom. The van der Waals surface area contributed by atoms with E-state index in [1.807, 2.05) is 11.8 Å². The molecule has 0 radical (unpaired) electrons. The molecular formula is C22H30N4O4S2. The summed E-state index contributed by atoms with van der Waals surface area (Å²) in [5.74, 6) is 1.31. The molecule has 2 saturated heterocycles. The van der Waals surface area contributed by atoms with E-state index in [0.717, 1.165) is 58.0 Å². The third-order valence-electron chi connectivity index (χ3n) is 6.73. The smallest absolute Gasteiger partial charge is 0.244 e. The zero-order valence-corrected chi connectivity index (χ0v) is 20.1. The average Bonchev–Trinajstić information content (AvgIpc) is 3.48. The first-order valence-corrected chi connectivity index (χ1v) is 13.9. The van der Waals surface area contributed by atoms with Gasteiger partial charge in [-0.05, 0) is 51.5 Å². The maximum absolute atomic E-state index is 13.5. The topological polar surface area (TPSA) is 96.6 Å².